The van der Waals surface area contributed by atoms with Crippen LogP contribution in [0, 0.1) is 0 Å². The molecule has 92 valence electrons. The van der Waals surface area contributed by atoms with Gasteiger partial charge in [0.05, 0.1) is 12.3 Å². The molecule has 0 fully saturated rings. The minimum Gasteiger partial charge on any atom is -0.461 e. The van der Waals surface area contributed by atoms with Gasteiger partial charge in [0, 0.05) is 6.54 Å². The number of esters is 1. The lowest BCUT2D eigenvalue weighted by Gasteiger charge is -2.08. The van der Waals surface area contributed by atoms with Crippen LogP contribution < -0.4 is 5.69 Å². The normalized spacial score (nSPS) is 10.0. The lowest BCUT2D eigenvalue weighted by Crippen LogP contribution is -2.15. The third-order valence-electron chi connectivity index (χ3n) is 1.76. The number of aromatic amines is 2. The molecule has 0 saturated heterocycles. The monoisotopic (exact) mass is 249 g/mol. The molecule has 1 heterocycles. The number of hydrogen-bond donors (Lipinski definition) is 2. The third kappa shape index (κ3) is 3.71. The second kappa shape index (κ2) is 6.34. The Morgan fingerprint density at radius 1 is 1.38 bits per heavy atom. The van der Waals surface area contributed by atoms with Crippen LogP contribution in [0.4, 0.5) is 0 Å². The summed E-state index contributed by atoms with van der Waals surface area (Å²) in [6, 6.07) is 0. The van der Waals surface area contributed by atoms with E-state index in [0.29, 0.717) is 12.2 Å². The van der Waals surface area contributed by atoms with Gasteiger partial charge < -0.3 is 14.6 Å². The van der Waals surface area contributed by atoms with Crippen molar-refractivity contribution < 1.29 is 9.53 Å². The van der Waals surface area contributed by atoms with E-state index in [1.54, 1.807) is 6.92 Å². The number of H-pyrrole nitrogens is 2. The molecule has 0 aliphatic carbocycles. The van der Waals surface area contributed by atoms with Gasteiger partial charge in [-0.3, -0.25) is 4.98 Å². The summed E-state index contributed by atoms with van der Waals surface area (Å²) in [5, 5.41) is 0. The predicted molar refractivity (Wildman–Crippen MR) is 62.0 cm³/mol. The second-order valence-corrected chi connectivity index (χ2v) is 3.39. The Balaban J connectivity index is 0.00000225. The Morgan fingerprint density at radius 3 is 2.50 bits per heavy atom. The molecule has 2 N–H and O–H groups in total. The largest absolute Gasteiger partial charge is 0.461 e. The average molecular weight is 250 g/mol. The highest BCUT2D eigenvalue weighted by Crippen LogP contribution is 2.04. The topological polar surface area (TPSA) is 78.2 Å². The summed E-state index contributed by atoms with van der Waals surface area (Å²) >= 11 is 0. The highest BCUT2D eigenvalue weighted by atomic mass is 35.5. The number of rotatable bonds is 4. The van der Waals surface area contributed by atoms with Crippen molar-refractivity contribution in [2.45, 2.75) is 13.5 Å². The van der Waals surface area contributed by atoms with E-state index in [0.717, 1.165) is 0 Å². The maximum absolute atomic E-state index is 11.4. The number of ether oxygens (including phenoxy) is 1. The van der Waals surface area contributed by atoms with Gasteiger partial charge in [-0.2, -0.15) is 0 Å². The number of halogens is 1. The van der Waals surface area contributed by atoms with Crippen LogP contribution in [0.25, 0.3) is 0 Å². The van der Waals surface area contributed by atoms with Crippen molar-refractivity contribution in [2.75, 3.05) is 20.7 Å². The second-order valence-electron chi connectivity index (χ2n) is 3.39. The predicted octanol–water partition coefficient (Wildman–Crippen LogP) is 0.363. The van der Waals surface area contributed by atoms with Crippen LogP contribution in [-0.4, -0.2) is 41.5 Å². The van der Waals surface area contributed by atoms with Crippen LogP contribution >= 0.6 is 12.4 Å². The van der Waals surface area contributed by atoms with Gasteiger partial charge in [-0.15, -0.1) is 12.4 Å². The van der Waals surface area contributed by atoms with E-state index < -0.39 is 11.7 Å². The quantitative estimate of drug-likeness (QED) is 0.756. The highest BCUT2D eigenvalue weighted by molar-refractivity contribution is 5.88. The number of nitrogens with one attached hydrogen (secondary N) is 2. The van der Waals surface area contributed by atoms with Gasteiger partial charge in [0.25, 0.3) is 0 Å². The van der Waals surface area contributed by atoms with Crippen molar-refractivity contribution in [3.05, 3.63) is 21.9 Å². The standard InChI is InChI=1S/C9H15N3O3.ClH/c1-4-15-8(13)7-6(5-12(2)3)10-9(14)11-7;/h4-5H2,1-3H3,(H2,10,11,14);1H. The molecule has 7 heteroatoms. The van der Waals surface area contributed by atoms with Gasteiger partial charge in [-0.1, -0.05) is 0 Å². The van der Waals surface area contributed by atoms with Crippen molar-refractivity contribution in [1.82, 2.24) is 14.9 Å². The molecule has 6 nitrogen and oxygen atoms in total. The fourth-order valence-corrected chi connectivity index (χ4v) is 1.23. The van der Waals surface area contributed by atoms with Crippen LogP contribution in [0.5, 0.6) is 0 Å². The Kier molecular flexibility index (Phi) is 5.84. The first-order chi connectivity index (χ1) is 7.04. The molecule has 0 amide bonds. The van der Waals surface area contributed by atoms with Crippen molar-refractivity contribution in [3.63, 3.8) is 0 Å². The molecule has 0 radical (unpaired) electrons. The van der Waals surface area contributed by atoms with Gasteiger partial charge in [0.1, 0.15) is 5.69 Å². The van der Waals surface area contributed by atoms with E-state index in [1.807, 2.05) is 19.0 Å². The molecular formula is C9H16ClN3O3. The highest BCUT2D eigenvalue weighted by Gasteiger charge is 2.16. The van der Waals surface area contributed by atoms with Gasteiger partial charge in [-0.25, -0.2) is 9.59 Å². The number of nitrogens with zero attached hydrogens (tertiary/aromatic N) is 1. The Hall–Kier alpha value is -1.27. The summed E-state index contributed by atoms with van der Waals surface area (Å²) in [5.74, 6) is -0.507. The lowest BCUT2D eigenvalue weighted by atomic mass is 10.3. The van der Waals surface area contributed by atoms with Gasteiger partial charge in [-0.05, 0) is 21.0 Å². The molecule has 1 rings (SSSR count). The summed E-state index contributed by atoms with van der Waals surface area (Å²) < 4.78 is 4.82. The molecule has 0 unspecified atom stereocenters. The molecule has 1 aromatic heterocycles. The minimum atomic E-state index is -0.507. The lowest BCUT2D eigenvalue weighted by molar-refractivity contribution is 0.0518. The summed E-state index contributed by atoms with van der Waals surface area (Å²) in [6.07, 6.45) is 0. The fourth-order valence-electron chi connectivity index (χ4n) is 1.23. The van der Waals surface area contributed by atoms with Gasteiger partial charge in [0.15, 0.2) is 0 Å². The number of aromatic nitrogens is 2. The molecule has 0 aromatic carbocycles. The van der Waals surface area contributed by atoms with Gasteiger partial charge in [0.2, 0.25) is 0 Å². The van der Waals surface area contributed by atoms with Crippen molar-refractivity contribution in [1.29, 1.82) is 0 Å². The number of imidazole rings is 1. The smallest absolute Gasteiger partial charge is 0.356 e. The van der Waals surface area contributed by atoms with Crippen LogP contribution in [-0.2, 0) is 11.3 Å². The zero-order valence-electron chi connectivity index (χ0n) is 9.49. The first-order valence-electron chi connectivity index (χ1n) is 4.67. The molecule has 0 aliphatic heterocycles. The van der Waals surface area contributed by atoms with Crippen LogP contribution in [0.2, 0.25) is 0 Å². The van der Waals surface area contributed by atoms with Crippen molar-refractivity contribution >= 4 is 18.4 Å². The summed E-state index contributed by atoms with van der Waals surface area (Å²) in [4.78, 5) is 29.3. The van der Waals surface area contributed by atoms with Crippen molar-refractivity contribution in [2.24, 2.45) is 0 Å². The first kappa shape index (κ1) is 14.7. The first-order valence-corrected chi connectivity index (χ1v) is 4.67. The number of hydrogen-bond acceptors (Lipinski definition) is 4. The molecule has 0 atom stereocenters. The van der Waals surface area contributed by atoms with Gasteiger partial charge >= 0.3 is 11.7 Å². The zero-order valence-corrected chi connectivity index (χ0v) is 10.3. The summed E-state index contributed by atoms with van der Waals surface area (Å²) in [5.41, 5.74) is 0.355. The SMILES string of the molecule is CCOC(=O)c1[nH]c(=O)[nH]c1CN(C)C.Cl. The molecular weight excluding hydrogens is 234 g/mol. The van der Waals surface area contributed by atoms with Crippen LogP contribution in [0.3, 0.4) is 0 Å². The van der Waals surface area contributed by atoms with E-state index in [4.69, 9.17) is 4.74 Å². The Morgan fingerprint density at radius 2 is 2.00 bits per heavy atom. The average Bonchev–Trinajstić information content (AvgIpc) is 2.46. The summed E-state index contributed by atoms with van der Waals surface area (Å²) in [7, 11) is 3.69. The van der Waals surface area contributed by atoms with E-state index >= 15 is 0 Å². The molecule has 0 spiro atoms. The van der Waals surface area contributed by atoms with Crippen molar-refractivity contribution in [3.8, 4) is 0 Å². The number of carbonyl (C=O) groups excluding carboxylic acids is 1. The molecule has 16 heavy (non-hydrogen) atoms. The minimum absolute atomic E-state index is 0. The maximum Gasteiger partial charge on any atom is 0.356 e. The number of carbonyl (C=O) groups is 1. The van der Waals surface area contributed by atoms with E-state index in [1.165, 1.54) is 0 Å². The molecule has 0 aliphatic rings. The molecule has 0 saturated carbocycles. The van der Waals surface area contributed by atoms with E-state index in [2.05, 4.69) is 9.97 Å². The maximum atomic E-state index is 11.4. The Bertz CT molecular complexity index is 397. The third-order valence-corrected chi connectivity index (χ3v) is 1.76. The molecule has 1 aromatic rings. The molecule has 0 bridgehead atoms. The summed E-state index contributed by atoms with van der Waals surface area (Å²) in [6.45, 7) is 2.48. The van der Waals surface area contributed by atoms with Crippen LogP contribution in [0.15, 0.2) is 4.79 Å². The fraction of sp³-hybridized carbons (Fsp3) is 0.556. The Labute approximate surface area is 99.4 Å². The van der Waals surface area contributed by atoms with E-state index in [-0.39, 0.29) is 24.7 Å². The van der Waals surface area contributed by atoms with E-state index in [9.17, 15) is 9.59 Å². The van der Waals surface area contributed by atoms with Crippen LogP contribution in [0.1, 0.15) is 23.1 Å². The zero-order chi connectivity index (χ0) is 11.4.